The van der Waals surface area contributed by atoms with E-state index in [0.717, 1.165) is 10.0 Å². The monoisotopic (exact) mass is 204 g/mol. The molecule has 0 aliphatic carbocycles. The lowest BCUT2D eigenvalue weighted by molar-refractivity contribution is 1.05. The van der Waals surface area contributed by atoms with Gasteiger partial charge in [-0.15, -0.1) is 10.2 Å². The first kappa shape index (κ1) is 9.34. The fraction of sp³-hybridized carbons (Fsp3) is 0.273. The van der Waals surface area contributed by atoms with E-state index in [2.05, 4.69) is 42.2 Å². The van der Waals surface area contributed by atoms with E-state index in [1.165, 1.54) is 16.7 Å². The van der Waals surface area contributed by atoms with Crippen LogP contribution in [0.5, 0.6) is 0 Å². The van der Waals surface area contributed by atoms with Crippen molar-refractivity contribution >= 4 is 11.3 Å². The second kappa shape index (κ2) is 3.50. The fourth-order valence-electron chi connectivity index (χ4n) is 1.39. The summed E-state index contributed by atoms with van der Waals surface area (Å²) in [6.07, 6.45) is 0. The molecule has 0 aliphatic rings. The van der Waals surface area contributed by atoms with Gasteiger partial charge in [-0.3, -0.25) is 0 Å². The van der Waals surface area contributed by atoms with Crippen LogP contribution in [0, 0.1) is 20.8 Å². The van der Waals surface area contributed by atoms with Crippen molar-refractivity contribution in [2.75, 3.05) is 0 Å². The molecule has 0 amide bonds. The second-order valence-corrected chi connectivity index (χ2v) is 4.56. The van der Waals surface area contributed by atoms with Crippen molar-refractivity contribution in [3.8, 4) is 10.6 Å². The van der Waals surface area contributed by atoms with Gasteiger partial charge in [-0.05, 0) is 31.9 Å². The summed E-state index contributed by atoms with van der Waals surface area (Å²) >= 11 is 1.64. The van der Waals surface area contributed by atoms with Gasteiger partial charge >= 0.3 is 0 Å². The fourth-order valence-corrected chi connectivity index (χ4v) is 2.16. The summed E-state index contributed by atoms with van der Waals surface area (Å²) in [6, 6.07) is 6.28. The molecule has 1 heterocycles. The first-order chi connectivity index (χ1) is 6.68. The van der Waals surface area contributed by atoms with Crippen molar-refractivity contribution in [3.05, 3.63) is 34.3 Å². The van der Waals surface area contributed by atoms with Crippen LogP contribution >= 0.6 is 11.3 Å². The van der Waals surface area contributed by atoms with Gasteiger partial charge in [0.15, 0.2) is 0 Å². The van der Waals surface area contributed by atoms with Gasteiger partial charge in [-0.1, -0.05) is 29.5 Å². The highest BCUT2D eigenvalue weighted by molar-refractivity contribution is 7.14. The zero-order chi connectivity index (χ0) is 10.1. The van der Waals surface area contributed by atoms with Crippen LogP contribution in [0.15, 0.2) is 18.2 Å². The first-order valence-electron chi connectivity index (χ1n) is 4.55. The number of aryl methyl sites for hydroxylation is 2. The third kappa shape index (κ3) is 1.55. The normalized spacial score (nSPS) is 10.5. The highest BCUT2D eigenvalue weighted by Gasteiger charge is 2.07. The molecule has 0 atom stereocenters. The highest BCUT2D eigenvalue weighted by atomic mass is 32.1. The molecule has 0 spiro atoms. The van der Waals surface area contributed by atoms with E-state index >= 15 is 0 Å². The highest BCUT2D eigenvalue weighted by Crippen LogP contribution is 2.27. The Labute approximate surface area is 87.6 Å². The SMILES string of the molecule is Cc1nnc(-c2cccc(C)c2C)s1. The Bertz CT molecular complexity index is 460. The van der Waals surface area contributed by atoms with Crippen LogP contribution in [0.4, 0.5) is 0 Å². The van der Waals surface area contributed by atoms with Crippen molar-refractivity contribution in [1.29, 1.82) is 0 Å². The van der Waals surface area contributed by atoms with Gasteiger partial charge in [-0.25, -0.2) is 0 Å². The molecular formula is C11H12N2S. The van der Waals surface area contributed by atoms with E-state index < -0.39 is 0 Å². The Kier molecular flexibility index (Phi) is 2.33. The van der Waals surface area contributed by atoms with E-state index in [1.807, 2.05) is 6.92 Å². The van der Waals surface area contributed by atoms with E-state index in [9.17, 15) is 0 Å². The maximum absolute atomic E-state index is 4.16. The average molecular weight is 204 g/mol. The lowest BCUT2D eigenvalue weighted by atomic mass is 10.0. The Hall–Kier alpha value is -1.22. The Morgan fingerprint density at radius 3 is 2.50 bits per heavy atom. The molecule has 14 heavy (non-hydrogen) atoms. The minimum atomic E-state index is 1.01. The molecule has 0 bridgehead atoms. The molecule has 1 aromatic heterocycles. The van der Waals surface area contributed by atoms with E-state index in [1.54, 1.807) is 11.3 Å². The van der Waals surface area contributed by atoms with E-state index in [-0.39, 0.29) is 0 Å². The van der Waals surface area contributed by atoms with Crippen LogP contribution in [0.2, 0.25) is 0 Å². The van der Waals surface area contributed by atoms with Gasteiger partial charge < -0.3 is 0 Å². The third-order valence-electron chi connectivity index (χ3n) is 2.36. The summed E-state index contributed by atoms with van der Waals surface area (Å²) in [5, 5.41) is 10.2. The Morgan fingerprint density at radius 1 is 1.07 bits per heavy atom. The van der Waals surface area contributed by atoms with Gasteiger partial charge in [0.05, 0.1) is 0 Å². The Morgan fingerprint density at radius 2 is 1.86 bits per heavy atom. The minimum absolute atomic E-state index is 1.01. The molecule has 0 fully saturated rings. The summed E-state index contributed by atoms with van der Waals surface area (Å²) in [5.74, 6) is 0. The van der Waals surface area contributed by atoms with Crippen LogP contribution in [-0.2, 0) is 0 Å². The standard InChI is InChI=1S/C11H12N2S/c1-7-5-4-6-10(8(7)2)11-13-12-9(3)14-11/h4-6H,1-3H3. The molecule has 1 aromatic carbocycles. The molecule has 0 saturated heterocycles. The van der Waals surface area contributed by atoms with Gasteiger partial charge in [-0.2, -0.15) is 0 Å². The molecule has 0 saturated carbocycles. The summed E-state index contributed by atoms with van der Waals surface area (Å²) in [7, 11) is 0. The van der Waals surface area contributed by atoms with Gasteiger partial charge in [0, 0.05) is 5.56 Å². The van der Waals surface area contributed by atoms with Crippen LogP contribution < -0.4 is 0 Å². The van der Waals surface area contributed by atoms with Gasteiger partial charge in [0.2, 0.25) is 0 Å². The third-order valence-corrected chi connectivity index (χ3v) is 3.23. The second-order valence-electron chi connectivity index (χ2n) is 3.37. The Balaban J connectivity index is 2.57. The largest absolute Gasteiger partial charge is 0.148 e. The first-order valence-corrected chi connectivity index (χ1v) is 5.37. The summed E-state index contributed by atoms with van der Waals surface area (Å²) in [5.41, 5.74) is 3.80. The molecule has 0 unspecified atom stereocenters. The number of benzene rings is 1. The number of hydrogen-bond acceptors (Lipinski definition) is 3. The zero-order valence-corrected chi connectivity index (χ0v) is 9.35. The molecule has 0 aliphatic heterocycles. The van der Waals surface area contributed by atoms with Crippen molar-refractivity contribution < 1.29 is 0 Å². The lowest BCUT2D eigenvalue weighted by Crippen LogP contribution is -1.85. The molecule has 72 valence electrons. The van der Waals surface area contributed by atoms with Crippen molar-refractivity contribution in [3.63, 3.8) is 0 Å². The molecule has 2 nitrogen and oxygen atoms in total. The topological polar surface area (TPSA) is 25.8 Å². The molecular weight excluding hydrogens is 192 g/mol. The summed E-state index contributed by atoms with van der Waals surface area (Å²) < 4.78 is 0. The predicted octanol–water partition coefficient (Wildman–Crippen LogP) is 3.13. The number of nitrogens with zero attached hydrogens (tertiary/aromatic N) is 2. The maximum atomic E-state index is 4.16. The number of rotatable bonds is 1. The smallest absolute Gasteiger partial charge is 0.143 e. The summed E-state index contributed by atoms with van der Waals surface area (Å²) in [4.78, 5) is 0. The molecule has 2 aromatic rings. The van der Waals surface area contributed by atoms with Gasteiger partial charge in [0.25, 0.3) is 0 Å². The van der Waals surface area contributed by atoms with Crippen molar-refractivity contribution in [2.24, 2.45) is 0 Å². The molecule has 0 radical (unpaired) electrons. The van der Waals surface area contributed by atoms with E-state index in [4.69, 9.17) is 0 Å². The quantitative estimate of drug-likeness (QED) is 0.713. The van der Waals surface area contributed by atoms with Crippen molar-refractivity contribution in [1.82, 2.24) is 10.2 Å². The number of hydrogen-bond donors (Lipinski definition) is 0. The van der Waals surface area contributed by atoms with Gasteiger partial charge in [0.1, 0.15) is 10.0 Å². The predicted molar refractivity (Wildman–Crippen MR) is 59.6 cm³/mol. The minimum Gasteiger partial charge on any atom is -0.143 e. The van der Waals surface area contributed by atoms with Crippen LogP contribution in [-0.4, -0.2) is 10.2 Å². The van der Waals surface area contributed by atoms with Crippen LogP contribution in [0.25, 0.3) is 10.6 Å². The number of aromatic nitrogens is 2. The van der Waals surface area contributed by atoms with Crippen LogP contribution in [0.3, 0.4) is 0 Å². The lowest BCUT2D eigenvalue weighted by Gasteiger charge is -2.03. The molecule has 0 N–H and O–H groups in total. The van der Waals surface area contributed by atoms with Crippen LogP contribution in [0.1, 0.15) is 16.1 Å². The molecule has 2 rings (SSSR count). The van der Waals surface area contributed by atoms with Crippen molar-refractivity contribution in [2.45, 2.75) is 20.8 Å². The summed E-state index contributed by atoms with van der Waals surface area (Å²) in [6.45, 7) is 6.22. The zero-order valence-electron chi connectivity index (χ0n) is 8.53. The molecule has 3 heteroatoms. The maximum Gasteiger partial charge on any atom is 0.148 e. The van der Waals surface area contributed by atoms with E-state index in [0.29, 0.717) is 0 Å². The average Bonchev–Trinajstić information content (AvgIpc) is 2.57.